The van der Waals surface area contributed by atoms with E-state index in [0.717, 1.165) is 10.9 Å². The minimum Gasteiger partial charge on any atom is -0.490 e. The van der Waals surface area contributed by atoms with Crippen LogP contribution in [0.25, 0.3) is 10.9 Å². The summed E-state index contributed by atoms with van der Waals surface area (Å²) in [5, 5.41) is 5.36. The molecule has 0 unspecified atom stereocenters. The Morgan fingerprint density at radius 3 is 2.63 bits per heavy atom. The number of benzene rings is 2. The molecule has 0 aliphatic rings. The summed E-state index contributed by atoms with van der Waals surface area (Å²) in [6, 6.07) is 8.98. The van der Waals surface area contributed by atoms with E-state index < -0.39 is 0 Å². The Morgan fingerprint density at radius 2 is 1.93 bits per heavy atom. The summed E-state index contributed by atoms with van der Waals surface area (Å²) in [6.07, 6.45) is 3.05. The number of fused-ring (bicyclic) bond motifs is 1. The molecule has 0 bridgehead atoms. The maximum atomic E-state index is 13.1. The van der Waals surface area contributed by atoms with Gasteiger partial charge in [0.25, 0.3) is 5.56 Å². The zero-order valence-corrected chi connectivity index (χ0v) is 19.5. The molecule has 30 heavy (non-hydrogen) atoms. The summed E-state index contributed by atoms with van der Waals surface area (Å²) in [6.45, 7) is 6.75. The molecule has 2 aromatic carbocycles. The second kappa shape index (κ2) is 10.1. The fourth-order valence-corrected chi connectivity index (χ4v) is 3.67. The zero-order chi connectivity index (χ0) is 21.7. The minimum atomic E-state index is -0.219. The van der Waals surface area contributed by atoms with Gasteiger partial charge in [0.15, 0.2) is 11.5 Å². The van der Waals surface area contributed by atoms with E-state index in [4.69, 9.17) is 21.1 Å². The number of ether oxygens (including phenoxy) is 2. The average molecular weight is 493 g/mol. The van der Waals surface area contributed by atoms with Gasteiger partial charge in [-0.1, -0.05) is 34.5 Å². The summed E-state index contributed by atoms with van der Waals surface area (Å²) in [4.78, 5) is 17.7. The van der Waals surface area contributed by atoms with Crippen LogP contribution in [0.1, 0.15) is 38.6 Å². The summed E-state index contributed by atoms with van der Waals surface area (Å²) >= 11 is 9.80. The Kier molecular flexibility index (Phi) is 7.50. The van der Waals surface area contributed by atoms with Gasteiger partial charge in [0.2, 0.25) is 0 Å². The predicted octanol–water partition coefficient (Wildman–Crippen LogP) is 5.44. The highest BCUT2D eigenvalue weighted by molar-refractivity contribution is 9.10. The molecule has 1 aromatic heterocycles. The van der Waals surface area contributed by atoms with E-state index in [1.807, 2.05) is 32.9 Å². The molecular weight excluding hydrogens is 470 g/mol. The summed E-state index contributed by atoms with van der Waals surface area (Å²) in [7, 11) is 0. The first-order valence-electron chi connectivity index (χ1n) is 9.83. The molecule has 0 radical (unpaired) electrons. The largest absolute Gasteiger partial charge is 0.490 e. The van der Waals surface area contributed by atoms with Gasteiger partial charge in [0, 0.05) is 10.9 Å². The molecule has 158 valence electrons. The second-order valence-electron chi connectivity index (χ2n) is 6.50. The van der Waals surface area contributed by atoms with Crippen LogP contribution in [-0.4, -0.2) is 29.1 Å². The number of aryl methyl sites for hydroxylation is 1. The van der Waals surface area contributed by atoms with Gasteiger partial charge in [0.1, 0.15) is 5.82 Å². The van der Waals surface area contributed by atoms with E-state index in [-0.39, 0.29) is 5.56 Å². The Bertz CT molecular complexity index is 1140. The number of hydrogen-bond donors (Lipinski definition) is 0. The molecule has 0 atom stereocenters. The van der Waals surface area contributed by atoms with Crippen LogP contribution in [0.4, 0.5) is 0 Å². The van der Waals surface area contributed by atoms with Crippen LogP contribution >= 0.6 is 27.5 Å². The molecular formula is C22H23BrClN3O3. The monoisotopic (exact) mass is 491 g/mol. The molecule has 0 saturated heterocycles. The molecule has 0 amide bonds. The lowest BCUT2D eigenvalue weighted by molar-refractivity contribution is 0.288. The Morgan fingerprint density at radius 1 is 1.17 bits per heavy atom. The third kappa shape index (κ3) is 4.84. The van der Waals surface area contributed by atoms with Crippen molar-refractivity contribution in [3.63, 3.8) is 0 Å². The van der Waals surface area contributed by atoms with E-state index in [9.17, 15) is 4.79 Å². The molecule has 0 aliphatic carbocycles. The quantitative estimate of drug-likeness (QED) is 0.393. The van der Waals surface area contributed by atoms with Crippen LogP contribution in [-0.2, 0) is 6.42 Å². The Hall–Kier alpha value is -2.38. The fourth-order valence-electron chi connectivity index (χ4n) is 3.03. The van der Waals surface area contributed by atoms with Gasteiger partial charge < -0.3 is 9.47 Å². The first-order chi connectivity index (χ1) is 14.5. The molecule has 1 heterocycles. The number of aromatic nitrogens is 2. The van der Waals surface area contributed by atoms with E-state index in [0.29, 0.717) is 58.4 Å². The molecule has 6 nitrogen and oxygen atoms in total. The van der Waals surface area contributed by atoms with Crippen molar-refractivity contribution in [2.24, 2.45) is 5.10 Å². The molecule has 0 saturated carbocycles. The van der Waals surface area contributed by atoms with Crippen molar-refractivity contribution < 1.29 is 9.47 Å². The van der Waals surface area contributed by atoms with Gasteiger partial charge >= 0.3 is 0 Å². The lowest BCUT2D eigenvalue weighted by Gasteiger charge is -2.13. The molecule has 0 aliphatic heterocycles. The van der Waals surface area contributed by atoms with Gasteiger partial charge in [-0.05, 0) is 56.2 Å². The highest BCUT2D eigenvalue weighted by Crippen LogP contribution is 2.36. The average Bonchev–Trinajstić information content (AvgIpc) is 2.71. The zero-order valence-electron chi connectivity index (χ0n) is 17.1. The maximum absolute atomic E-state index is 13.1. The molecule has 8 heteroatoms. The van der Waals surface area contributed by atoms with Crippen LogP contribution in [0.15, 0.2) is 44.7 Å². The van der Waals surface area contributed by atoms with Crippen molar-refractivity contribution in [1.29, 1.82) is 0 Å². The number of nitrogens with zero attached hydrogens (tertiary/aromatic N) is 3. The molecule has 3 aromatic rings. The molecule has 0 fully saturated rings. The Balaban J connectivity index is 2.10. The molecule has 0 spiro atoms. The van der Waals surface area contributed by atoms with Crippen LogP contribution in [0.3, 0.4) is 0 Å². The van der Waals surface area contributed by atoms with E-state index in [1.54, 1.807) is 24.4 Å². The van der Waals surface area contributed by atoms with Gasteiger partial charge in [-0.3, -0.25) is 4.79 Å². The van der Waals surface area contributed by atoms with Gasteiger partial charge in [-0.15, -0.1) is 0 Å². The lowest BCUT2D eigenvalue weighted by Crippen LogP contribution is -2.22. The first kappa shape index (κ1) is 22.3. The van der Waals surface area contributed by atoms with Crippen molar-refractivity contribution >= 4 is 44.6 Å². The topological polar surface area (TPSA) is 65.7 Å². The normalized spacial score (nSPS) is 11.4. The lowest BCUT2D eigenvalue weighted by atomic mass is 10.2. The van der Waals surface area contributed by atoms with Gasteiger partial charge in [0.05, 0.1) is 35.4 Å². The van der Waals surface area contributed by atoms with Gasteiger partial charge in [-0.25, -0.2) is 4.98 Å². The van der Waals surface area contributed by atoms with Crippen LogP contribution in [0, 0.1) is 0 Å². The van der Waals surface area contributed by atoms with Crippen LogP contribution in [0.2, 0.25) is 5.02 Å². The highest BCUT2D eigenvalue weighted by atomic mass is 79.9. The van der Waals surface area contributed by atoms with Crippen LogP contribution < -0.4 is 15.0 Å². The second-order valence-corrected chi connectivity index (χ2v) is 7.82. The minimum absolute atomic E-state index is 0.219. The third-order valence-corrected chi connectivity index (χ3v) is 5.07. The van der Waals surface area contributed by atoms with Crippen molar-refractivity contribution in [3.8, 4) is 11.5 Å². The third-order valence-electron chi connectivity index (χ3n) is 4.29. The number of halogens is 2. The Labute approximate surface area is 188 Å². The fraction of sp³-hybridized carbons (Fsp3) is 0.318. The van der Waals surface area contributed by atoms with Gasteiger partial charge in [-0.2, -0.15) is 9.78 Å². The molecule has 3 rings (SSSR count). The number of hydrogen-bond acceptors (Lipinski definition) is 5. The van der Waals surface area contributed by atoms with Crippen molar-refractivity contribution in [2.75, 3.05) is 13.2 Å². The summed E-state index contributed by atoms with van der Waals surface area (Å²) in [5.41, 5.74) is 1.12. The standard InChI is InChI=1S/C22H23BrClN3O3/c1-4-7-20-26-18-9-8-15(23)12-16(18)22(28)27(20)25-13-14-10-17(24)21(30-6-3)19(11-14)29-5-2/h8-13H,4-7H2,1-3H3. The highest BCUT2D eigenvalue weighted by Gasteiger charge is 2.13. The smallest absolute Gasteiger partial charge is 0.282 e. The van der Waals surface area contributed by atoms with E-state index >= 15 is 0 Å². The predicted molar refractivity (Wildman–Crippen MR) is 124 cm³/mol. The molecule has 0 N–H and O–H groups in total. The summed E-state index contributed by atoms with van der Waals surface area (Å²) < 4.78 is 13.4. The van der Waals surface area contributed by atoms with Crippen molar-refractivity contribution in [1.82, 2.24) is 9.66 Å². The summed E-state index contributed by atoms with van der Waals surface area (Å²) in [5.74, 6) is 1.64. The van der Waals surface area contributed by atoms with Crippen LogP contribution in [0.5, 0.6) is 11.5 Å². The first-order valence-corrected chi connectivity index (χ1v) is 11.0. The number of rotatable bonds is 8. The van der Waals surface area contributed by atoms with Crippen molar-refractivity contribution in [2.45, 2.75) is 33.6 Å². The van der Waals surface area contributed by atoms with E-state index in [2.05, 4.69) is 26.0 Å². The maximum Gasteiger partial charge on any atom is 0.282 e. The SMILES string of the molecule is CCCc1nc2ccc(Br)cc2c(=O)n1N=Cc1cc(Cl)c(OCC)c(OCC)c1. The van der Waals surface area contributed by atoms with E-state index in [1.165, 1.54) is 4.68 Å². The van der Waals surface area contributed by atoms with Crippen molar-refractivity contribution in [3.05, 3.63) is 61.6 Å².